The van der Waals surface area contributed by atoms with Crippen LogP contribution in [0.1, 0.15) is 57.5 Å². The van der Waals surface area contributed by atoms with Crippen molar-refractivity contribution in [3.05, 3.63) is 64.7 Å². The van der Waals surface area contributed by atoms with E-state index in [1.807, 2.05) is 0 Å². The largest absolute Gasteiger partial charge is 0.478 e. The first kappa shape index (κ1) is 27.2. The van der Waals surface area contributed by atoms with E-state index in [1.165, 1.54) is 24.3 Å². The minimum atomic E-state index is -5.00. The highest BCUT2D eigenvalue weighted by Gasteiger charge is 2.37. The van der Waals surface area contributed by atoms with Crippen molar-refractivity contribution in [2.45, 2.75) is 50.1 Å². The number of thiocarbonyl (C=S) groups is 1. The summed E-state index contributed by atoms with van der Waals surface area (Å²) in [6.07, 6.45) is -7.52. The fourth-order valence-corrected chi connectivity index (χ4v) is 4.22. The first-order valence-corrected chi connectivity index (χ1v) is 11.2. The Morgan fingerprint density at radius 3 is 1.83 bits per heavy atom. The molecule has 194 valence electrons. The number of carbonyl (C=O) groups is 2. The SMILES string of the molecule is O=C(O)c1ccccc1C(=O)NC1CCCCC1NC(=S)Nc1cc(C(F)(F)F)cc(C(F)(F)F)c1. The summed E-state index contributed by atoms with van der Waals surface area (Å²) in [6.45, 7) is 0. The van der Waals surface area contributed by atoms with Gasteiger partial charge in [-0.15, -0.1) is 0 Å². The molecule has 1 saturated carbocycles. The molecule has 0 heterocycles. The van der Waals surface area contributed by atoms with Crippen molar-refractivity contribution in [3.63, 3.8) is 0 Å². The first-order chi connectivity index (χ1) is 16.8. The molecule has 2 atom stereocenters. The van der Waals surface area contributed by atoms with Gasteiger partial charge in [-0.2, -0.15) is 26.3 Å². The Hall–Kier alpha value is -3.35. The normalized spacial score (nSPS) is 18.3. The van der Waals surface area contributed by atoms with Gasteiger partial charge in [0.1, 0.15) is 0 Å². The molecule has 2 unspecified atom stereocenters. The summed E-state index contributed by atoms with van der Waals surface area (Å²) in [5.41, 5.74) is -3.69. The van der Waals surface area contributed by atoms with E-state index in [1.54, 1.807) is 0 Å². The van der Waals surface area contributed by atoms with Gasteiger partial charge in [0.2, 0.25) is 0 Å². The zero-order valence-corrected chi connectivity index (χ0v) is 19.3. The lowest BCUT2D eigenvalue weighted by Gasteiger charge is -2.33. The molecule has 1 aliphatic rings. The van der Waals surface area contributed by atoms with Crippen LogP contribution in [0.15, 0.2) is 42.5 Å². The second kappa shape index (κ2) is 10.7. The van der Waals surface area contributed by atoms with Crippen molar-refractivity contribution in [2.24, 2.45) is 0 Å². The van der Waals surface area contributed by atoms with Crippen molar-refractivity contribution in [3.8, 4) is 0 Å². The van der Waals surface area contributed by atoms with Crippen LogP contribution in [0.5, 0.6) is 0 Å². The van der Waals surface area contributed by atoms with E-state index in [-0.39, 0.29) is 22.3 Å². The van der Waals surface area contributed by atoms with Crippen molar-refractivity contribution < 1.29 is 41.0 Å². The Labute approximate surface area is 207 Å². The third-order valence-electron chi connectivity index (χ3n) is 5.65. The van der Waals surface area contributed by atoms with E-state index in [0.29, 0.717) is 25.0 Å². The van der Waals surface area contributed by atoms with E-state index in [9.17, 15) is 41.0 Å². The van der Waals surface area contributed by atoms with Gasteiger partial charge in [-0.3, -0.25) is 4.79 Å². The smallest absolute Gasteiger partial charge is 0.416 e. The highest BCUT2D eigenvalue weighted by Crippen LogP contribution is 2.37. The molecule has 0 spiro atoms. The molecule has 0 radical (unpaired) electrons. The summed E-state index contributed by atoms with van der Waals surface area (Å²) >= 11 is 5.13. The molecule has 0 aromatic heterocycles. The lowest BCUT2D eigenvalue weighted by atomic mass is 9.90. The van der Waals surface area contributed by atoms with Crippen LogP contribution < -0.4 is 16.0 Å². The van der Waals surface area contributed by atoms with Crippen LogP contribution in [0.4, 0.5) is 32.0 Å². The van der Waals surface area contributed by atoms with Crippen molar-refractivity contribution >= 4 is 34.9 Å². The van der Waals surface area contributed by atoms with Crippen LogP contribution >= 0.6 is 12.2 Å². The van der Waals surface area contributed by atoms with Gasteiger partial charge in [-0.25, -0.2) is 4.79 Å². The predicted octanol–water partition coefficient (Wildman–Crippen LogP) is 5.45. The predicted molar refractivity (Wildman–Crippen MR) is 123 cm³/mol. The molecule has 1 fully saturated rings. The molecule has 4 N–H and O–H groups in total. The van der Waals surface area contributed by atoms with Gasteiger partial charge in [0, 0.05) is 17.8 Å². The fourth-order valence-electron chi connectivity index (χ4n) is 3.95. The summed E-state index contributed by atoms with van der Waals surface area (Å²) in [5, 5.41) is 17.1. The van der Waals surface area contributed by atoms with Gasteiger partial charge in [0.05, 0.1) is 22.3 Å². The van der Waals surface area contributed by atoms with Gasteiger partial charge in [-0.05, 0) is 55.4 Å². The van der Waals surface area contributed by atoms with E-state index in [0.717, 1.165) is 12.8 Å². The van der Waals surface area contributed by atoms with E-state index in [2.05, 4.69) is 16.0 Å². The van der Waals surface area contributed by atoms with E-state index >= 15 is 0 Å². The third-order valence-corrected chi connectivity index (χ3v) is 5.87. The second-order valence-electron chi connectivity index (χ2n) is 8.21. The molecule has 6 nitrogen and oxygen atoms in total. The number of hydrogen-bond acceptors (Lipinski definition) is 3. The molecule has 1 amide bonds. The van der Waals surface area contributed by atoms with Crippen molar-refractivity contribution in [2.75, 3.05) is 5.32 Å². The average Bonchev–Trinajstić information content (AvgIpc) is 2.79. The number of aromatic carboxylic acids is 1. The summed E-state index contributed by atoms with van der Waals surface area (Å²) in [4.78, 5) is 24.2. The molecular weight excluding hydrogens is 512 g/mol. The Morgan fingerprint density at radius 1 is 0.833 bits per heavy atom. The highest BCUT2D eigenvalue weighted by molar-refractivity contribution is 7.80. The number of rotatable bonds is 5. The molecule has 2 aromatic rings. The Morgan fingerprint density at radius 2 is 1.33 bits per heavy atom. The Kier molecular flexibility index (Phi) is 8.12. The highest BCUT2D eigenvalue weighted by atomic mass is 32.1. The zero-order chi connectivity index (χ0) is 26.7. The number of hydrogen-bond donors (Lipinski definition) is 4. The number of nitrogens with one attached hydrogen (secondary N) is 3. The molecule has 13 heteroatoms. The van der Waals surface area contributed by atoms with Gasteiger partial charge >= 0.3 is 18.3 Å². The maximum Gasteiger partial charge on any atom is 0.416 e. The van der Waals surface area contributed by atoms with Gasteiger partial charge in [0.15, 0.2) is 5.11 Å². The number of carboxylic acids is 1. The summed E-state index contributed by atoms with van der Waals surface area (Å²) < 4.78 is 78.7. The van der Waals surface area contributed by atoms with Crippen LogP contribution in [0.2, 0.25) is 0 Å². The van der Waals surface area contributed by atoms with Crippen LogP contribution in [0.25, 0.3) is 0 Å². The summed E-state index contributed by atoms with van der Waals surface area (Å²) in [7, 11) is 0. The molecule has 1 aliphatic carbocycles. The maximum absolute atomic E-state index is 13.1. The molecule has 0 aliphatic heterocycles. The van der Waals surface area contributed by atoms with Gasteiger partial charge in [-0.1, -0.05) is 25.0 Å². The monoisotopic (exact) mass is 533 g/mol. The number of anilines is 1. The maximum atomic E-state index is 13.1. The molecule has 0 bridgehead atoms. The lowest BCUT2D eigenvalue weighted by molar-refractivity contribution is -0.143. The standard InChI is InChI=1S/C23H21F6N3O3S/c24-22(25,26)12-9-13(23(27,28)29)11-14(10-12)30-21(36)32-18-8-4-3-7-17(18)31-19(33)15-5-1-2-6-16(15)20(34)35/h1-2,5-6,9-11,17-18H,3-4,7-8H2,(H,31,33)(H,34,35)(H2,30,32,36). The van der Waals surface area contributed by atoms with Gasteiger partial charge in [0.25, 0.3) is 5.91 Å². The number of carbonyl (C=O) groups excluding carboxylic acids is 1. The van der Waals surface area contributed by atoms with Crippen molar-refractivity contribution in [1.29, 1.82) is 0 Å². The zero-order valence-electron chi connectivity index (χ0n) is 18.5. The molecule has 0 saturated heterocycles. The van der Waals surface area contributed by atoms with Crippen LogP contribution in [-0.4, -0.2) is 34.2 Å². The third kappa shape index (κ3) is 6.86. The number of carboxylic acid groups (broad SMARTS) is 1. The van der Waals surface area contributed by atoms with Crippen molar-refractivity contribution in [1.82, 2.24) is 10.6 Å². The number of halogens is 6. The second-order valence-corrected chi connectivity index (χ2v) is 8.62. The minimum absolute atomic E-state index is 0.0172. The van der Waals surface area contributed by atoms with E-state index in [4.69, 9.17) is 12.2 Å². The molecule has 2 aromatic carbocycles. The molecule has 3 rings (SSSR count). The summed E-state index contributed by atoms with van der Waals surface area (Å²) in [5.74, 6) is -1.90. The van der Waals surface area contributed by atoms with Crippen LogP contribution in [0.3, 0.4) is 0 Å². The molecule has 36 heavy (non-hydrogen) atoms. The minimum Gasteiger partial charge on any atom is -0.478 e. The topological polar surface area (TPSA) is 90.5 Å². The molecular formula is C23H21F6N3O3S. The first-order valence-electron chi connectivity index (χ1n) is 10.8. The number of amides is 1. The number of alkyl halides is 6. The average molecular weight is 533 g/mol. The van der Waals surface area contributed by atoms with Crippen LogP contribution in [0, 0.1) is 0 Å². The summed E-state index contributed by atoms with van der Waals surface area (Å²) in [6, 6.07) is 5.70. The Balaban J connectivity index is 1.74. The van der Waals surface area contributed by atoms with Gasteiger partial charge < -0.3 is 21.1 Å². The van der Waals surface area contributed by atoms with E-state index < -0.39 is 53.1 Å². The lowest BCUT2D eigenvalue weighted by Crippen LogP contribution is -2.54. The van der Waals surface area contributed by atoms with Crippen LogP contribution in [-0.2, 0) is 12.4 Å². The quantitative estimate of drug-likeness (QED) is 0.302. The fraction of sp³-hybridized carbons (Fsp3) is 0.348. The number of benzene rings is 2. The Bertz CT molecular complexity index is 1120.